The number of hydrogen-bond donors (Lipinski definition) is 6. The SMILES string of the molecule is C[C@@H](NC(=O)[C@H](N)Cc1ccccc1)C(=O)N[C@H](CCCN=C(N)N)C(=O)O. The number of guanidine groups is 1. The van der Waals surface area contributed by atoms with Gasteiger partial charge in [-0.1, -0.05) is 30.3 Å². The molecule has 10 nitrogen and oxygen atoms in total. The Morgan fingerprint density at radius 1 is 1.11 bits per heavy atom. The monoisotopic (exact) mass is 392 g/mol. The highest BCUT2D eigenvalue weighted by Gasteiger charge is 2.25. The van der Waals surface area contributed by atoms with Gasteiger partial charge >= 0.3 is 5.97 Å². The number of carbonyl (C=O) groups excluding carboxylic acids is 2. The number of carboxylic acid groups (broad SMARTS) is 1. The maximum Gasteiger partial charge on any atom is 0.326 e. The van der Waals surface area contributed by atoms with Crippen LogP contribution in [0.1, 0.15) is 25.3 Å². The van der Waals surface area contributed by atoms with E-state index < -0.39 is 35.9 Å². The van der Waals surface area contributed by atoms with E-state index in [1.165, 1.54) is 6.92 Å². The molecule has 0 aromatic heterocycles. The Bertz CT molecular complexity index is 691. The van der Waals surface area contributed by atoms with Crippen molar-refractivity contribution in [3.8, 4) is 0 Å². The molecule has 1 aromatic rings. The summed E-state index contributed by atoms with van der Waals surface area (Å²) in [6.07, 6.45) is 0.841. The van der Waals surface area contributed by atoms with Crippen molar-refractivity contribution in [2.75, 3.05) is 6.54 Å². The molecule has 0 unspecified atom stereocenters. The maximum absolute atomic E-state index is 12.2. The summed E-state index contributed by atoms with van der Waals surface area (Å²) in [7, 11) is 0. The van der Waals surface area contributed by atoms with Gasteiger partial charge in [0.15, 0.2) is 5.96 Å². The zero-order valence-corrected chi connectivity index (χ0v) is 15.8. The number of carboxylic acids is 1. The van der Waals surface area contributed by atoms with Crippen LogP contribution in [0.25, 0.3) is 0 Å². The van der Waals surface area contributed by atoms with Gasteiger partial charge in [0.25, 0.3) is 0 Å². The van der Waals surface area contributed by atoms with Crippen LogP contribution in [0, 0.1) is 0 Å². The quantitative estimate of drug-likeness (QED) is 0.153. The molecule has 154 valence electrons. The molecule has 0 fully saturated rings. The maximum atomic E-state index is 12.2. The molecule has 2 amide bonds. The lowest BCUT2D eigenvalue weighted by molar-refractivity contribution is -0.142. The first kappa shape index (κ1) is 22.9. The smallest absolute Gasteiger partial charge is 0.326 e. The van der Waals surface area contributed by atoms with Crippen LogP contribution in [0.2, 0.25) is 0 Å². The van der Waals surface area contributed by atoms with Crippen LogP contribution in [0.5, 0.6) is 0 Å². The summed E-state index contributed by atoms with van der Waals surface area (Å²) in [5.74, 6) is -2.38. The third kappa shape index (κ3) is 8.49. The largest absolute Gasteiger partial charge is 0.480 e. The van der Waals surface area contributed by atoms with E-state index in [0.29, 0.717) is 12.8 Å². The summed E-state index contributed by atoms with van der Waals surface area (Å²) >= 11 is 0. The minimum atomic E-state index is -1.18. The zero-order valence-electron chi connectivity index (χ0n) is 15.8. The minimum Gasteiger partial charge on any atom is -0.480 e. The Labute approximate surface area is 163 Å². The van der Waals surface area contributed by atoms with Gasteiger partial charge < -0.3 is 32.9 Å². The van der Waals surface area contributed by atoms with Crippen LogP contribution >= 0.6 is 0 Å². The molecule has 0 aliphatic heterocycles. The van der Waals surface area contributed by atoms with Gasteiger partial charge in [0, 0.05) is 6.54 Å². The van der Waals surface area contributed by atoms with Gasteiger partial charge in [-0.3, -0.25) is 14.6 Å². The minimum absolute atomic E-state index is 0.0842. The second-order valence-electron chi connectivity index (χ2n) is 6.37. The highest BCUT2D eigenvalue weighted by atomic mass is 16.4. The topological polar surface area (TPSA) is 186 Å². The molecular weight excluding hydrogens is 364 g/mol. The van der Waals surface area contributed by atoms with Crippen LogP contribution in [0.15, 0.2) is 35.3 Å². The van der Waals surface area contributed by atoms with E-state index in [0.717, 1.165) is 5.56 Å². The standard InChI is InChI=1S/C18H28N6O4/c1-11(23-16(26)13(19)10-12-6-3-2-4-7-12)15(25)24-14(17(27)28)8-5-9-22-18(20)21/h2-4,6-7,11,13-14H,5,8-10,19H2,1H3,(H,23,26)(H,24,25)(H,27,28)(H4,20,21,22)/t11-,13-,14-/m1/s1. The van der Waals surface area contributed by atoms with E-state index in [9.17, 15) is 19.5 Å². The summed E-state index contributed by atoms with van der Waals surface area (Å²) in [5, 5.41) is 14.1. The van der Waals surface area contributed by atoms with Crippen molar-refractivity contribution >= 4 is 23.7 Å². The molecule has 9 N–H and O–H groups in total. The van der Waals surface area contributed by atoms with Crippen molar-refractivity contribution in [1.82, 2.24) is 10.6 Å². The van der Waals surface area contributed by atoms with E-state index >= 15 is 0 Å². The Morgan fingerprint density at radius 3 is 2.32 bits per heavy atom. The number of benzene rings is 1. The van der Waals surface area contributed by atoms with E-state index in [-0.39, 0.29) is 18.9 Å². The lowest BCUT2D eigenvalue weighted by Crippen LogP contribution is -2.53. The number of hydrogen-bond acceptors (Lipinski definition) is 5. The molecule has 0 radical (unpaired) electrons. The van der Waals surface area contributed by atoms with Crippen LogP contribution < -0.4 is 27.8 Å². The molecule has 0 aliphatic carbocycles. The molecule has 1 rings (SSSR count). The van der Waals surface area contributed by atoms with E-state index in [1.54, 1.807) is 0 Å². The molecule has 28 heavy (non-hydrogen) atoms. The van der Waals surface area contributed by atoms with Crippen LogP contribution in [-0.2, 0) is 20.8 Å². The van der Waals surface area contributed by atoms with E-state index in [1.807, 2.05) is 30.3 Å². The molecule has 0 heterocycles. The molecule has 0 bridgehead atoms. The number of rotatable bonds is 11. The normalized spacial score (nSPS) is 13.6. The number of aliphatic carboxylic acids is 1. The Hall–Kier alpha value is -3.14. The van der Waals surface area contributed by atoms with Crippen molar-refractivity contribution in [2.45, 2.75) is 44.3 Å². The number of nitrogens with zero attached hydrogens (tertiary/aromatic N) is 1. The molecule has 0 saturated carbocycles. The molecule has 0 aliphatic rings. The lowest BCUT2D eigenvalue weighted by atomic mass is 10.1. The molecule has 0 spiro atoms. The van der Waals surface area contributed by atoms with Crippen molar-refractivity contribution in [3.63, 3.8) is 0 Å². The summed E-state index contributed by atoms with van der Waals surface area (Å²) < 4.78 is 0. The fourth-order valence-electron chi connectivity index (χ4n) is 2.40. The van der Waals surface area contributed by atoms with Crippen LogP contribution in [0.3, 0.4) is 0 Å². The number of aliphatic imine (C=N–C) groups is 1. The number of nitrogens with one attached hydrogen (secondary N) is 2. The van der Waals surface area contributed by atoms with Gasteiger partial charge in [-0.15, -0.1) is 0 Å². The van der Waals surface area contributed by atoms with Gasteiger partial charge in [-0.05, 0) is 31.7 Å². The number of nitrogens with two attached hydrogens (primary N) is 3. The summed E-state index contributed by atoms with van der Waals surface area (Å²) in [4.78, 5) is 39.5. The average molecular weight is 392 g/mol. The van der Waals surface area contributed by atoms with Gasteiger partial charge in [0.2, 0.25) is 11.8 Å². The second kappa shape index (κ2) is 11.5. The fraction of sp³-hybridized carbons (Fsp3) is 0.444. The first-order valence-corrected chi connectivity index (χ1v) is 8.89. The first-order valence-electron chi connectivity index (χ1n) is 8.89. The Balaban J connectivity index is 2.51. The number of carbonyl (C=O) groups is 3. The van der Waals surface area contributed by atoms with Gasteiger partial charge in [-0.25, -0.2) is 4.79 Å². The third-order valence-electron chi connectivity index (χ3n) is 3.95. The summed E-state index contributed by atoms with van der Waals surface area (Å²) in [6, 6.07) is 6.37. The van der Waals surface area contributed by atoms with Gasteiger partial charge in [-0.2, -0.15) is 0 Å². The van der Waals surface area contributed by atoms with Crippen molar-refractivity contribution in [2.24, 2.45) is 22.2 Å². The molecule has 3 atom stereocenters. The van der Waals surface area contributed by atoms with Crippen molar-refractivity contribution in [1.29, 1.82) is 0 Å². The second-order valence-corrected chi connectivity index (χ2v) is 6.37. The summed E-state index contributed by atoms with van der Waals surface area (Å²) in [5.41, 5.74) is 17.2. The molecule has 0 saturated heterocycles. The third-order valence-corrected chi connectivity index (χ3v) is 3.95. The highest BCUT2D eigenvalue weighted by molar-refractivity contribution is 5.91. The Kier molecular flexibility index (Phi) is 9.44. The van der Waals surface area contributed by atoms with Gasteiger partial charge in [0.05, 0.1) is 6.04 Å². The lowest BCUT2D eigenvalue weighted by Gasteiger charge is -2.20. The van der Waals surface area contributed by atoms with Gasteiger partial charge in [0.1, 0.15) is 12.1 Å². The average Bonchev–Trinajstić information content (AvgIpc) is 2.64. The number of amides is 2. The zero-order chi connectivity index (χ0) is 21.1. The molecule has 1 aromatic carbocycles. The highest BCUT2D eigenvalue weighted by Crippen LogP contribution is 2.03. The van der Waals surface area contributed by atoms with E-state index in [4.69, 9.17) is 17.2 Å². The molecular formula is C18H28N6O4. The van der Waals surface area contributed by atoms with E-state index in [2.05, 4.69) is 15.6 Å². The molecule has 10 heteroatoms. The first-order chi connectivity index (χ1) is 13.2. The van der Waals surface area contributed by atoms with Crippen molar-refractivity contribution in [3.05, 3.63) is 35.9 Å². The van der Waals surface area contributed by atoms with Crippen LogP contribution in [0.4, 0.5) is 0 Å². The Morgan fingerprint density at radius 2 is 1.75 bits per heavy atom. The van der Waals surface area contributed by atoms with Crippen molar-refractivity contribution < 1.29 is 19.5 Å². The fourth-order valence-corrected chi connectivity index (χ4v) is 2.40. The predicted molar refractivity (Wildman–Crippen MR) is 105 cm³/mol. The predicted octanol–water partition coefficient (Wildman–Crippen LogP) is -1.32. The summed E-state index contributed by atoms with van der Waals surface area (Å²) in [6.45, 7) is 1.71. The van der Waals surface area contributed by atoms with Crippen LogP contribution in [-0.4, -0.2) is 53.5 Å².